The highest BCUT2D eigenvalue weighted by atomic mass is 19.1. The third-order valence-electron chi connectivity index (χ3n) is 4.03. The molecule has 1 atom stereocenters. The van der Waals surface area contributed by atoms with Crippen LogP contribution in [0.15, 0.2) is 30.3 Å². The molecule has 0 saturated carbocycles. The van der Waals surface area contributed by atoms with Crippen molar-refractivity contribution in [1.82, 2.24) is 10.9 Å². The van der Waals surface area contributed by atoms with Crippen LogP contribution in [0.4, 0.5) is 10.1 Å². The van der Waals surface area contributed by atoms with Gasteiger partial charge in [0.15, 0.2) is 11.9 Å². The molecule has 1 unspecified atom stereocenters. The summed E-state index contributed by atoms with van der Waals surface area (Å²) >= 11 is 0. The normalized spacial score (nSPS) is 11.1. The number of nitro groups is 1. The maximum absolute atomic E-state index is 12.9. The quantitative estimate of drug-likeness (QED) is 0.472. The standard InChI is InChI=1S/C19H20FN3O8/c1-10(31-12-7-5-11(20)6-8-12)18(24)21-22-19(25)13-9-14(28-2)16(29-3)17(30-4)15(13)23(26)27/h5-10H,1-4H3,(H,21,24)(H,22,25). The van der Waals surface area contributed by atoms with E-state index >= 15 is 0 Å². The van der Waals surface area contributed by atoms with Gasteiger partial charge < -0.3 is 18.9 Å². The van der Waals surface area contributed by atoms with Crippen molar-refractivity contribution >= 4 is 17.5 Å². The van der Waals surface area contributed by atoms with Crippen LogP contribution in [0.3, 0.4) is 0 Å². The number of nitro benzene ring substituents is 1. The molecule has 0 fully saturated rings. The molecule has 0 heterocycles. The van der Waals surface area contributed by atoms with E-state index in [1.165, 1.54) is 40.4 Å². The summed E-state index contributed by atoms with van der Waals surface area (Å²) in [5, 5.41) is 11.6. The summed E-state index contributed by atoms with van der Waals surface area (Å²) in [5.41, 5.74) is 3.07. The predicted octanol–water partition coefficient (Wildman–Crippen LogP) is 1.99. The summed E-state index contributed by atoms with van der Waals surface area (Å²) in [4.78, 5) is 35.5. The number of carbonyl (C=O) groups is 2. The maximum atomic E-state index is 12.9. The minimum atomic E-state index is -1.07. The predicted molar refractivity (Wildman–Crippen MR) is 105 cm³/mol. The van der Waals surface area contributed by atoms with Crippen LogP contribution in [0.5, 0.6) is 23.0 Å². The van der Waals surface area contributed by atoms with Crippen LogP contribution in [0, 0.1) is 15.9 Å². The van der Waals surface area contributed by atoms with E-state index in [4.69, 9.17) is 18.9 Å². The Morgan fingerprint density at radius 3 is 2.16 bits per heavy atom. The number of halogens is 1. The number of amides is 2. The Labute approximate surface area is 176 Å². The number of hydrogen-bond donors (Lipinski definition) is 2. The molecule has 166 valence electrons. The van der Waals surface area contributed by atoms with Gasteiger partial charge in [-0.05, 0) is 31.2 Å². The first-order chi connectivity index (χ1) is 14.7. The molecular weight excluding hydrogens is 417 g/mol. The average molecular weight is 437 g/mol. The van der Waals surface area contributed by atoms with Crippen molar-refractivity contribution in [1.29, 1.82) is 0 Å². The SMILES string of the molecule is COc1cc(C(=O)NNC(=O)C(C)Oc2ccc(F)cc2)c([N+](=O)[O-])c(OC)c1OC. The Morgan fingerprint density at radius 2 is 1.65 bits per heavy atom. The lowest BCUT2D eigenvalue weighted by molar-refractivity contribution is -0.386. The van der Waals surface area contributed by atoms with Crippen LogP contribution < -0.4 is 29.8 Å². The Morgan fingerprint density at radius 1 is 1.03 bits per heavy atom. The van der Waals surface area contributed by atoms with E-state index in [1.807, 2.05) is 0 Å². The second-order valence-corrected chi connectivity index (χ2v) is 5.96. The fraction of sp³-hybridized carbons (Fsp3) is 0.263. The molecule has 0 aliphatic carbocycles. The number of ether oxygens (including phenoxy) is 4. The zero-order valence-electron chi connectivity index (χ0n) is 17.1. The molecule has 0 radical (unpaired) electrons. The van der Waals surface area contributed by atoms with Gasteiger partial charge in [-0.25, -0.2) is 4.39 Å². The van der Waals surface area contributed by atoms with Gasteiger partial charge in [-0.3, -0.25) is 30.6 Å². The largest absolute Gasteiger partial charge is 0.493 e. The molecule has 0 aliphatic rings. The van der Waals surface area contributed by atoms with Crippen molar-refractivity contribution in [2.75, 3.05) is 21.3 Å². The minimum Gasteiger partial charge on any atom is -0.493 e. The molecule has 2 amide bonds. The van der Waals surface area contributed by atoms with Crippen molar-refractivity contribution in [3.63, 3.8) is 0 Å². The molecule has 2 N–H and O–H groups in total. The van der Waals surface area contributed by atoms with Crippen molar-refractivity contribution in [3.8, 4) is 23.0 Å². The number of carbonyl (C=O) groups excluding carboxylic acids is 2. The lowest BCUT2D eigenvalue weighted by Gasteiger charge is -2.16. The highest BCUT2D eigenvalue weighted by Gasteiger charge is 2.32. The summed E-state index contributed by atoms with van der Waals surface area (Å²) < 4.78 is 33.5. The van der Waals surface area contributed by atoms with Crippen LogP contribution in [0.25, 0.3) is 0 Å². The van der Waals surface area contributed by atoms with Crippen molar-refractivity contribution < 1.29 is 37.9 Å². The summed E-state index contributed by atoms with van der Waals surface area (Å²) in [6, 6.07) is 6.06. The van der Waals surface area contributed by atoms with E-state index in [0.717, 1.165) is 18.2 Å². The minimum absolute atomic E-state index is 0.00874. The summed E-state index contributed by atoms with van der Waals surface area (Å²) in [7, 11) is 3.70. The fourth-order valence-corrected chi connectivity index (χ4v) is 2.55. The lowest BCUT2D eigenvalue weighted by Crippen LogP contribution is -2.47. The summed E-state index contributed by atoms with van der Waals surface area (Å²) in [6.45, 7) is 1.40. The molecule has 2 aromatic rings. The van der Waals surface area contributed by atoms with Gasteiger partial charge in [0.05, 0.1) is 26.3 Å². The van der Waals surface area contributed by atoms with Crippen LogP contribution in [0.1, 0.15) is 17.3 Å². The van der Waals surface area contributed by atoms with Gasteiger partial charge in [-0.1, -0.05) is 0 Å². The van der Waals surface area contributed by atoms with E-state index < -0.39 is 39.9 Å². The molecule has 2 rings (SSSR count). The molecule has 0 spiro atoms. The number of rotatable bonds is 8. The van der Waals surface area contributed by atoms with Gasteiger partial charge in [-0.2, -0.15) is 0 Å². The Bertz CT molecular complexity index is 981. The van der Waals surface area contributed by atoms with Gasteiger partial charge in [0, 0.05) is 6.07 Å². The summed E-state index contributed by atoms with van der Waals surface area (Å²) in [5.74, 6) is -2.38. The monoisotopic (exact) mass is 437 g/mol. The van der Waals surface area contributed by atoms with Gasteiger partial charge in [0.1, 0.15) is 17.1 Å². The van der Waals surface area contributed by atoms with E-state index in [9.17, 15) is 24.1 Å². The number of hydrazine groups is 1. The second-order valence-electron chi connectivity index (χ2n) is 5.96. The van der Waals surface area contributed by atoms with Crippen LogP contribution >= 0.6 is 0 Å². The fourth-order valence-electron chi connectivity index (χ4n) is 2.55. The summed E-state index contributed by atoms with van der Waals surface area (Å²) in [6.07, 6.45) is -1.07. The van der Waals surface area contributed by atoms with Crippen LogP contribution in [0.2, 0.25) is 0 Å². The maximum Gasteiger partial charge on any atom is 0.327 e. The molecule has 31 heavy (non-hydrogen) atoms. The molecular formula is C19H20FN3O8. The molecule has 0 bridgehead atoms. The van der Waals surface area contributed by atoms with Crippen molar-refractivity contribution in [2.24, 2.45) is 0 Å². The second kappa shape index (κ2) is 10.1. The number of nitrogens with one attached hydrogen (secondary N) is 2. The Balaban J connectivity index is 2.19. The van der Waals surface area contributed by atoms with Crippen molar-refractivity contribution in [3.05, 3.63) is 51.8 Å². The van der Waals surface area contributed by atoms with E-state index in [0.29, 0.717) is 0 Å². The van der Waals surface area contributed by atoms with Gasteiger partial charge >= 0.3 is 5.69 Å². The first kappa shape index (κ1) is 23.2. The lowest BCUT2D eigenvalue weighted by atomic mass is 10.1. The zero-order chi connectivity index (χ0) is 23.1. The third kappa shape index (κ3) is 5.29. The first-order valence-corrected chi connectivity index (χ1v) is 8.73. The zero-order valence-corrected chi connectivity index (χ0v) is 17.1. The van der Waals surface area contributed by atoms with E-state index in [1.54, 1.807) is 0 Å². The molecule has 0 aromatic heterocycles. The first-order valence-electron chi connectivity index (χ1n) is 8.73. The molecule has 0 saturated heterocycles. The average Bonchev–Trinajstić information content (AvgIpc) is 2.76. The Hall–Kier alpha value is -4.09. The highest BCUT2D eigenvalue weighted by Crippen LogP contribution is 2.46. The van der Waals surface area contributed by atoms with Crippen molar-refractivity contribution in [2.45, 2.75) is 13.0 Å². The van der Waals surface area contributed by atoms with Gasteiger partial charge in [0.25, 0.3) is 11.8 Å². The molecule has 11 nitrogen and oxygen atoms in total. The smallest absolute Gasteiger partial charge is 0.327 e. The number of methoxy groups -OCH3 is 3. The number of nitrogens with zero attached hydrogens (tertiary/aromatic N) is 1. The molecule has 0 aliphatic heterocycles. The van der Waals surface area contributed by atoms with Crippen LogP contribution in [-0.4, -0.2) is 44.2 Å². The topological polar surface area (TPSA) is 138 Å². The molecule has 2 aromatic carbocycles. The van der Waals surface area contributed by atoms with E-state index in [-0.39, 0.29) is 23.0 Å². The Kier molecular flexibility index (Phi) is 7.55. The molecule has 12 heteroatoms. The number of benzene rings is 2. The van der Waals surface area contributed by atoms with Gasteiger partial charge in [-0.15, -0.1) is 0 Å². The number of hydrogen-bond acceptors (Lipinski definition) is 8. The third-order valence-corrected chi connectivity index (χ3v) is 4.03. The van der Waals surface area contributed by atoms with Gasteiger partial charge in [0.2, 0.25) is 11.5 Å². The van der Waals surface area contributed by atoms with E-state index in [2.05, 4.69) is 10.9 Å². The van der Waals surface area contributed by atoms with Crippen LogP contribution in [-0.2, 0) is 4.79 Å². The highest BCUT2D eigenvalue weighted by molar-refractivity contribution is 6.01.